The van der Waals surface area contributed by atoms with E-state index in [2.05, 4.69) is 16.6 Å². The molecule has 0 radical (unpaired) electrons. The smallest absolute Gasteiger partial charge is 0.325 e. The first kappa shape index (κ1) is 12.0. The fourth-order valence-corrected chi connectivity index (χ4v) is 2.02. The molecule has 1 rings (SSSR count). The van der Waals surface area contributed by atoms with Crippen LogP contribution in [0.1, 0.15) is 13.8 Å². The van der Waals surface area contributed by atoms with Gasteiger partial charge < -0.3 is 4.74 Å². The first-order valence-electron chi connectivity index (χ1n) is 4.72. The summed E-state index contributed by atoms with van der Waals surface area (Å²) in [5.41, 5.74) is 0.751. The lowest BCUT2D eigenvalue weighted by Gasteiger charge is -2.06. The average molecular weight is 226 g/mol. The van der Waals surface area contributed by atoms with Gasteiger partial charge in [0.2, 0.25) is 0 Å². The van der Waals surface area contributed by atoms with E-state index in [1.54, 1.807) is 13.0 Å². The first-order valence-corrected chi connectivity index (χ1v) is 5.60. The van der Waals surface area contributed by atoms with Crippen LogP contribution < -0.4 is 0 Å². The zero-order valence-electron chi connectivity index (χ0n) is 8.90. The second kappa shape index (κ2) is 5.70. The van der Waals surface area contributed by atoms with Gasteiger partial charge in [0.15, 0.2) is 5.17 Å². The van der Waals surface area contributed by atoms with Crippen molar-refractivity contribution in [3.05, 3.63) is 12.7 Å². The van der Waals surface area contributed by atoms with E-state index in [1.165, 1.54) is 11.8 Å². The summed E-state index contributed by atoms with van der Waals surface area (Å²) in [6.07, 6.45) is 1.69. The minimum absolute atomic E-state index is 0.243. The first-order chi connectivity index (χ1) is 7.19. The van der Waals surface area contributed by atoms with Crippen LogP contribution in [0.4, 0.5) is 0 Å². The van der Waals surface area contributed by atoms with Crippen LogP contribution in [0.15, 0.2) is 22.6 Å². The highest BCUT2D eigenvalue weighted by atomic mass is 32.2. The number of amidine groups is 1. The lowest BCUT2D eigenvalue weighted by Crippen LogP contribution is -2.24. The third-order valence-corrected chi connectivity index (χ3v) is 2.93. The van der Waals surface area contributed by atoms with Crippen LogP contribution in [0.25, 0.3) is 0 Å². The molecule has 0 unspecified atom stereocenters. The van der Waals surface area contributed by atoms with Crippen molar-refractivity contribution < 1.29 is 9.53 Å². The molecule has 15 heavy (non-hydrogen) atoms. The van der Waals surface area contributed by atoms with Gasteiger partial charge in [0.05, 0.1) is 13.2 Å². The van der Waals surface area contributed by atoms with Crippen LogP contribution in [0.5, 0.6) is 0 Å². The van der Waals surface area contributed by atoms with Gasteiger partial charge in [-0.05, 0) is 13.8 Å². The SMILES string of the molecule is C=CCN=C1N=C(C)[C@@H](C(=O)OCC)S1. The lowest BCUT2D eigenvalue weighted by atomic mass is 10.3. The molecule has 0 spiro atoms. The summed E-state index contributed by atoms with van der Waals surface area (Å²) in [5.74, 6) is -0.243. The molecule has 0 aromatic carbocycles. The minimum Gasteiger partial charge on any atom is -0.465 e. The fourth-order valence-electron chi connectivity index (χ4n) is 1.08. The van der Waals surface area contributed by atoms with Crippen LogP contribution in [0.3, 0.4) is 0 Å². The molecule has 1 atom stereocenters. The molecule has 0 aromatic rings. The van der Waals surface area contributed by atoms with Crippen molar-refractivity contribution in [3.8, 4) is 0 Å². The Hall–Kier alpha value is -1.10. The van der Waals surface area contributed by atoms with E-state index in [9.17, 15) is 4.79 Å². The number of ether oxygens (including phenoxy) is 1. The monoisotopic (exact) mass is 226 g/mol. The lowest BCUT2D eigenvalue weighted by molar-refractivity contribution is -0.141. The summed E-state index contributed by atoms with van der Waals surface area (Å²) in [5, 5.41) is 0.305. The number of carbonyl (C=O) groups excluding carboxylic acids is 1. The molecule has 1 aliphatic rings. The summed E-state index contributed by atoms with van der Waals surface area (Å²) < 4.78 is 4.93. The van der Waals surface area contributed by atoms with Crippen LogP contribution in [0.2, 0.25) is 0 Å². The Labute approximate surface area is 93.5 Å². The number of hydrogen-bond donors (Lipinski definition) is 0. The fraction of sp³-hybridized carbons (Fsp3) is 0.500. The van der Waals surface area contributed by atoms with Crippen LogP contribution in [-0.2, 0) is 9.53 Å². The summed E-state index contributed by atoms with van der Waals surface area (Å²) in [6.45, 7) is 8.08. The van der Waals surface area contributed by atoms with E-state index in [0.29, 0.717) is 18.3 Å². The highest BCUT2D eigenvalue weighted by Gasteiger charge is 2.30. The number of rotatable bonds is 4. The maximum Gasteiger partial charge on any atom is 0.325 e. The summed E-state index contributed by atoms with van der Waals surface area (Å²) in [7, 11) is 0. The Bertz CT molecular complexity index is 323. The Morgan fingerprint density at radius 1 is 1.80 bits per heavy atom. The molecule has 5 heteroatoms. The molecule has 0 saturated heterocycles. The Kier molecular flexibility index (Phi) is 4.55. The molecular weight excluding hydrogens is 212 g/mol. The van der Waals surface area contributed by atoms with Gasteiger partial charge >= 0.3 is 5.97 Å². The molecule has 82 valence electrons. The molecule has 4 nitrogen and oxygen atoms in total. The topological polar surface area (TPSA) is 51.0 Å². The second-order valence-corrected chi connectivity index (χ2v) is 3.99. The molecule has 0 saturated carbocycles. The summed E-state index contributed by atoms with van der Waals surface area (Å²) in [4.78, 5) is 19.8. The van der Waals surface area contributed by atoms with E-state index in [-0.39, 0.29) is 11.2 Å². The quantitative estimate of drug-likeness (QED) is 0.541. The molecule has 0 aromatic heterocycles. The second-order valence-electron chi connectivity index (χ2n) is 2.92. The molecule has 1 heterocycles. The zero-order valence-corrected chi connectivity index (χ0v) is 9.71. The highest BCUT2D eigenvalue weighted by molar-refractivity contribution is 8.16. The van der Waals surface area contributed by atoms with Gasteiger partial charge in [0.1, 0.15) is 5.25 Å². The number of thioether (sulfide) groups is 1. The van der Waals surface area contributed by atoms with Crippen molar-refractivity contribution in [2.24, 2.45) is 9.98 Å². The van der Waals surface area contributed by atoms with Crippen molar-refractivity contribution in [2.45, 2.75) is 19.1 Å². The maximum atomic E-state index is 11.5. The van der Waals surface area contributed by atoms with E-state index in [1.807, 2.05) is 6.92 Å². The third kappa shape index (κ3) is 3.20. The standard InChI is InChI=1S/C10H14N2O2S/c1-4-6-11-10-12-7(3)8(15-10)9(13)14-5-2/h4,8H,1,5-6H2,2-3H3/t8-/m0/s1. The third-order valence-electron chi connectivity index (χ3n) is 1.73. The van der Waals surface area contributed by atoms with Crippen molar-refractivity contribution in [2.75, 3.05) is 13.2 Å². The molecule has 0 amide bonds. The normalized spacial score (nSPS) is 22.7. The Morgan fingerprint density at radius 2 is 2.53 bits per heavy atom. The average Bonchev–Trinajstić information content (AvgIpc) is 2.57. The highest BCUT2D eigenvalue weighted by Crippen LogP contribution is 2.24. The summed E-state index contributed by atoms with van der Waals surface area (Å²) in [6, 6.07) is 0. The van der Waals surface area contributed by atoms with E-state index in [4.69, 9.17) is 4.74 Å². The molecule has 1 aliphatic heterocycles. The van der Waals surface area contributed by atoms with Gasteiger partial charge in [-0.3, -0.25) is 9.79 Å². The Morgan fingerprint density at radius 3 is 3.13 bits per heavy atom. The molecule has 0 N–H and O–H groups in total. The van der Waals surface area contributed by atoms with E-state index >= 15 is 0 Å². The van der Waals surface area contributed by atoms with Gasteiger partial charge in [0, 0.05) is 5.71 Å². The van der Waals surface area contributed by atoms with Gasteiger partial charge in [-0.25, -0.2) is 4.99 Å². The maximum absolute atomic E-state index is 11.5. The van der Waals surface area contributed by atoms with Crippen molar-refractivity contribution >= 4 is 28.6 Å². The van der Waals surface area contributed by atoms with Crippen LogP contribution in [0, 0.1) is 0 Å². The molecule has 0 bridgehead atoms. The van der Waals surface area contributed by atoms with Gasteiger partial charge in [-0.1, -0.05) is 17.8 Å². The number of carbonyl (C=O) groups is 1. The Balaban J connectivity index is 2.63. The van der Waals surface area contributed by atoms with Crippen LogP contribution in [-0.4, -0.2) is 35.3 Å². The predicted octanol–water partition coefficient (Wildman–Crippen LogP) is 1.67. The van der Waals surface area contributed by atoms with Gasteiger partial charge in [-0.15, -0.1) is 6.58 Å². The molecule has 0 fully saturated rings. The number of aliphatic imine (C=N–C) groups is 2. The number of nitrogens with zero attached hydrogens (tertiary/aromatic N) is 2. The largest absolute Gasteiger partial charge is 0.465 e. The molecular formula is C10H14N2O2S. The zero-order chi connectivity index (χ0) is 11.3. The van der Waals surface area contributed by atoms with Crippen molar-refractivity contribution in [3.63, 3.8) is 0 Å². The molecule has 0 aliphatic carbocycles. The summed E-state index contributed by atoms with van der Waals surface area (Å²) >= 11 is 1.33. The number of esters is 1. The minimum atomic E-state index is -0.325. The van der Waals surface area contributed by atoms with Gasteiger partial charge in [0.25, 0.3) is 0 Å². The van der Waals surface area contributed by atoms with Crippen LogP contribution >= 0.6 is 11.8 Å². The predicted molar refractivity (Wildman–Crippen MR) is 63.6 cm³/mol. The van der Waals surface area contributed by atoms with E-state index < -0.39 is 0 Å². The van der Waals surface area contributed by atoms with Crippen molar-refractivity contribution in [1.82, 2.24) is 0 Å². The number of hydrogen-bond acceptors (Lipinski definition) is 4. The van der Waals surface area contributed by atoms with Crippen molar-refractivity contribution in [1.29, 1.82) is 0 Å². The van der Waals surface area contributed by atoms with E-state index in [0.717, 1.165) is 5.71 Å². The van der Waals surface area contributed by atoms with Gasteiger partial charge in [-0.2, -0.15) is 0 Å².